The Morgan fingerprint density at radius 3 is 1.71 bits per heavy atom. The third kappa shape index (κ3) is 2.61. The van der Waals surface area contributed by atoms with E-state index in [4.69, 9.17) is 0 Å². The third-order valence-corrected chi connectivity index (χ3v) is 2.73. The van der Waals surface area contributed by atoms with Gasteiger partial charge in [0, 0.05) is 0 Å². The molecule has 0 aromatic heterocycles. The predicted molar refractivity (Wildman–Crippen MR) is 63.0 cm³/mol. The Morgan fingerprint density at radius 1 is 0.941 bits per heavy atom. The molecule has 0 aromatic carbocycles. The zero-order valence-electron chi connectivity index (χ0n) is 9.95. The van der Waals surface area contributed by atoms with Crippen molar-refractivity contribution in [1.29, 1.82) is 0 Å². The number of imide groups is 2. The first-order chi connectivity index (χ1) is 8.06. The van der Waals surface area contributed by atoms with Crippen LogP contribution in [-0.2, 0) is 9.59 Å². The van der Waals surface area contributed by atoms with Crippen LogP contribution >= 0.6 is 0 Å². The van der Waals surface area contributed by atoms with Gasteiger partial charge in [0.1, 0.15) is 5.41 Å². The smallest absolute Gasteiger partial charge is 0.277 e. The minimum atomic E-state index is -1.22. The van der Waals surface area contributed by atoms with E-state index in [-0.39, 0.29) is 12.8 Å². The molecule has 0 bridgehead atoms. The molecule has 0 unspecified atom stereocenters. The molecule has 0 saturated carbocycles. The Balaban J connectivity index is 3.05. The standard InChI is InChI=1S/C12H16N2O3/c1-3-5-7-12(8-6-4-2)9(15)13-11(17)14-10(12)16/h3-6H,7-8H2,1-2H3,(H2,13,14,15,16,17)/b5-3+,6-4?. The van der Waals surface area contributed by atoms with Gasteiger partial charge in [0.25, 0.3) is 0 Å². The fourth-order valence-electron chi connectivity index (χ4n) is 1.67. The van der Waals surface area contributed by atoms with Gasteiger partial charge in [0.15, 0.2) is 0 Å². The maximum absolute atomic E-state index is 11.9. The highest BCUT2D eigenvalue weighted by Crippen LogP contribution is 2.30. The van der Waals surface area contributed by atoms with E-state index >= 15 is 0 Å². The van der Waals surface area contributed by atoms with Crippen LogP contribution in [0.3, 0.4) is 0 Å². The molecule has 5 heteroatoms. The molecule has 1 fully saturated rings. The summed E-state index contributed by atoms with van der Waals surface area (Å²) in [6.45, 7) is 3.63. The molecule has 0 spiro atoms. The van der Waals surface area contributed by atoms with Gasteiger partial charge in [-0.2, -0.15) is 0 Å². The number of carbonyl (C=O) groups excluding carboxylic acids is 3. The Bertz CT molecular complexity index is 361. The highest BCUT2D eigenvalue weighted by Gasteiger charge is 2.48. The molecule has 1 aliphatic heterocycles. The van der Waals surface area contributed by atoms with Crippen molar-refractivity contribution >= 4 is 17.8 Å². The highest BCUT2D eigenvalue weighted by atomic mass is 16.2. The second kappa shape index (κ2) is 5.43. The van der Waals surface area contributed by atoms with Crippen LogP contribution in [0, 0.1) is 5.41 Å². The average Bonchev–Trinajstić information content (AvgIpc) is 2.27. The molecule has 0 atom stereocenters. The summed E-state index contributed by atoms with van der Waals surface area (Å²) in [6, 6.07) is -0.753. The molecular weight excluding hydrogens is 220 g/mol. The molecule has 2 N–H and O–H groups in total. The van der Waals surface area contributed by atoms with Gasteiger partial charge in [-0.15, -0.1) is 0 Å². The molecule has 0 aliphatic carbocycles. The third-order valence-electron chi connectivity index (χ3n) is 2.73. The minimum absolute atomic E-state index is 0.277. The van der Waals surface area contributed by atoms with Gasteiger partial charge in [-0.25, -0.2) is 4.79 Å². The van der Waals surface area contributed by atoms with Crippen molar-refractivity contribution in [3.05, 3.63) is 24.3 Å². The van der Waals surface area contributed by atoms with Crippen LogP contribution in [0.4, 0.5) is 4.79 Å². The summed E-state index contributed by atoms with van der Waals surface area (Å²) < 4.78 is 0. The molecule has 1 aliphatic rings. The van der Waals surface area contributed by atoms with Crippen molar-refractivity contribution in [2.24, 2.45) is 5.41 Å². The Kier molecular flexibility index (Phi) is 4.20. The van der Waals surface area contributed by atoms with Crippen LogP contribution in [0.2, 0.25) is 0 Å². The van der Waals surface area contributed by atoms with E-state index in [1.54, 1.807) is 24.3 Å². The molecule has 5 nitrogen and oxygen atoms in total. The number of nitrogens with one attached hydrogen (secondary N) is 2. The van der Waals surface area contributed by atoms with Crippen molar-refractivity contribution in [1.82, 2.24) is 10.6 Å². The predicted octanol–water partition coefficient (Wildman–Crippen LogP) is 1.27. The van der Waals surface area contributed by atoms with Crippen molar-refractivity contribution in [2.75, 3.05) is 0 Å². The van der Waals surface area contributed by atoms with Crippen molar-refractivity contribution < 1.29 is 14.4 Å². The summed E-state index contributed by atoms with van der Waals surface area (Å²) in [4.78, 5) is 34.8. The van der Waals surface area contributed by atoms with Crippen LogP contribution in [0.5, 0.6) is 0 Å². The fraction of sp³-hybridized carbons (Fsp3) is 0.417. The van der Waals surface area contributed by atoms with Gasteiger partial charge < -0.3 is 0 Å². The molecule has 92 valence electrons. The van der Waals surface area contributed by atoms with Crippen LogP contribution in [-0.4, -0.2) is 17.8 Å². The average molecular weight is 236 g/mol. The van der Waals surface area contributed by atoms with Gasteiger partial charge in [0.2, 0.25) is 11.8 Å². The highest BCUT2D eigenvalue weighted by molar-refractivity contribution is 6.19. The normalized spacial score (nSPS) is 19.8. The van der Waals surface area contributed by atoms with Crippen molar-refractivity contribution in [3.63, 3.8) is 0 Å². The largest absolute Gasteiger partial charge is 0.328 e. The molecule has 1 heterocycles. The van der Waals surface area contributed by atoms with Crippen LogP contribution in [0.15, 0.2) is 24.3 Å². The summed E-state index contributed by atoms with van der Waals surface area (Å²) in [5.41, 5.74) is -1.22. The number of hydrogen-bond acceptors (Lipinski definition) is 3. The van der Waals surface area contributed by atoms with Gasteiger partial charge in [-0.05, 0) is 26.7 Å². The van der Waals surface area contributed by atoms with E-state index in [1.807, 2.05) is 13.8 Å². The van der Waals surface area contributed by atoms with Crippen molar-refractivity contribution in [2.45, 2.75) is 26.7 Å². The molecular formula is C12H16N2O3. The Hall–Kier alpha value is -1.91. The fourth-order valence-corrected chi connectivity index (χ4v) is 1.67. The molecule has 0 radical (unpaired) electrons. The zero-order valence-corrected chi connectivity index (χ0v) is 9.95. The number of carbonyl (C=O) groups is 3. The minimum Gasteiger partial charge on any atom is -0.277 e. The summed E-state index contributed by atoms with van der Waals surface area (Å²) in [5.74, 6) is -1.08. The summed E-state index contributed by atoms with van der Waals surface area (Å²) >= 11 is 0. The quantitative estimate of drug-likeness (QED) is 0.570. The van der Waals surface area contributed by atoms with Crippen molar-refractivity contribution in [3.8, 4) is 0 Å². The van der Waals surface area contributed by atoms with Gasteiger partial charge in [0.05, 0.1) is 0 Å². The van der Waals surface area contributed by atoms with E-state index < -0.39 is 23.3 Å². The number of rotatable bonds is 4. The summed E-state index contributed by atoms with van der Waals surface area (Å²) in [5, 5.41) is 4.28. The number of urea groups is 1. The van der Waals surface area contributed by atoms with Gasteiger partial charge in [-0.3, -0.25) is 20.2 Å². The number of allylic oxidation sites excluding steroid dienone is 4. The molecule has 1 rings (SSSR count). The van der Waals surface area contributed by atoms with E-state index in [9.17, 15) is 14.4 Å². The second-order valence-electron chi connectivity index (χ2n) is 3.87. The van der Waals surface area contributed by atoms with Crippen LogP contribution in [0.1, 0.15) is 26.7 Å². The Morgan fingerprint density at radius 2 is 1.35 bits per heavy atom. The van der Waals surface area contributed by atoms with E-state index in [0.717, 1.165) is 0 Å². The first kappa shape index (κ1) is 13.2. The topological polar surface area (TPSA) is 75.3 Å². The van der Waals surface area contributed by atoms with Gasteiger partial charge in [-0.1, -0.05) is 24.3 Å². The van der Waals surface area contributed by atoms with Gasteiger partial charge >= 0.3 is 6.03 Å². The number of amides is 4. The number of barbiturate groups is 1. The van der Waals surface area contributed by atoms with E-state index in [2.05, 4.69) is 10.6 Å². The van der Waals surface area contributed by atoms with Crippen LogP contribution in [0.25, 0.3) is 0 Å². The lowest BCUT2D eigenvalue weighted by Crippen LogP contribution is -2.62. The monoisotopic (exact) mass is 236 g/mol. The number of hydrogen-bond donors (Lipinski definition) is 2. The van der Waals surface area contributed by atoms with Crippen LogP contribution < -0.4 is 10.6 Å². The lowest BCUT2D eigenvalue weighted by atomic mass is 9.78. The first-order valence-electron chi connectivity index (χ1n) is 5.46. The summed E-state index contributed by atoms with van der Waals surface area (Å²) in [7, 11) is 0. The Labute approximate surface area is 100.0 Å². The zero-order chi connectivity index (χ0) is 12.9. The van der Waals surface area contributed by atoms with E-state index in [1.165, 1.54) is 0 Å². The maximum Gasteiger partial charge on any atom is 0.328 e. The lowest BCUT2D eigenvalue weighted by Gasteiger charge is -2.32. The summed E-state index contributed by atoms with van der Waals surface area (Å²) in [6.07, 6.45) is 7.59. The second-order valence-corrected chi connectivity index (χ2v) is 3.87. The SMILES string of the molecule is CC=CCC1(C/C=C/C)C(=O)NC(=O)NC1=O. The lowest BCUT2D eigenvalue weighted by molar-refractivity contribution is -0.144. The first-order valence-corrected chi connectivity index (χ1v) is 5.46. The molecule has 4 amide bonds. The van der Waals surface area contributed by atoms with E-state index in [0.29, 0.717) is 0 Å². The molecule has 1 saturated heterocycles. The molecule has 0 aromatic rings. The molecule has 17 heavy (non-hydrogen) atoms. The maximum atomic E-state index is 11.9.